The molecule has 2 saturated heterocycles. The zero-order valence-corrected chi connectivity index (χ0v) is 12.7. The van der Waals surface area contributed by atoms with Crippen LogP contribution >= 0.6 is 0 Å². The van der Waals surface area contributed by atoms with E-state index in [0.29, 0.717) is 19.8 Å². The molecule has 0 N–H and O–H groups in total. The van der Waals surface area contributed by atoms with E-state index in [1.165, 1.54) is 0 Å². The maximum absolute atomic E-state index is 12.6. The minimum Gasteiger partial charge on any atom is -0.348 e. The second-order valence-electron chi connectivity index (χ2n) is 6.47. The molecule has 1 saturated carbocycles. The molecule has 1 aliphatic carbocycles. The lowest BCUT2D eigenvalue weighted by Crippen LogP contribution is -2.45. The summed E-state index contributed by atoms with van der Waals surface area (Å²) in [7, 11) is 0. The van der Waals surface area contributed by atoms with E-state index >= 15 is 0 Å². The van der Waals surface area contributed by atoms with Gasteiger partial charge >= 0.3 is 0 Å². The van der Waals surface area contributed by atoms with Gasteiger partial charge in [0.15, 0.2) is 5.79 Å². The van der Waals surface area contributed by atoms with Crippen LogP contribution in [0.5, 0.6) is 0 Å². The highest BCUT2D eigenvalue weighted by Crippen LogP contribution is 2.47. The van der Waals surface area contributed by atoms with Crippen molar-refractivity contribution in [3.05, 3.63) is 48.0 Å². The van der Waals surface area contributed by atoms with E-state index in [-0.39, 0.29) is 17.9 Å². The third kappa shape index (κ3) is 2.18. The summed E-state index contributed by atoms with van der Waals surface area (Å²) in [5.41, 5.74) is 1.89. The molecule has 0 aromatic heterocycles. The number of ether oxygens (including phenoxy) is 2. The van der Waals surface area contributed by atoms with Crippen LogP contribution in [0.1, 0.15) is 24.8 Å². The molecule has 1 aromatic rings. The van der Waals surface area contributed by atoms with Gasteiger partial charge in [-0.15, -0.1) is 0 Å². The van der Waals surface area contributed by atoms with Gasteiger partial charge in [-0.3, -0.25) is 4.79 Å². The SMILES string of the molecule is C=C1C(=O)N(Cc2ccccc2)[C@@H]2CCC3(C[C@H]12)OCCO3. The monoisotopic (exact) mass is 299 g/mol. The minimum absolute atomic E-state index is 0.0916. The van der Waals surface area contributed by atoms with Crippen molar-refractivity contribution in [2.75, 3.05) is 13.2 Å². The highest BCUT2D eigenvalue weighted by molar-refractivity contribution is 5.96. The van der Waals surface area contributed by atoms with Gasteiger partial charge in [-0.05, 0) is 12.0 Å². The summed E-state index contributed by atoms with van der Waals surface area (Å²) in [6.45, 7) is 6.04. The van der Waals surface area contributed by atoms with Gasteiger partial charge in [-0.25, -0.2) is 0 Å². The largest absolute Gasteiger partial charge is 0.348 e. The van der Waals surface area contributed by atoms with Gasteiger partial charge in [0.25, 0.3) is 0 Å². The molecule has 0 radical (unpaired) electrons. The van der Waals surface area contributed by atoms with E-state index in [1.807, 2.05) is 23.1 Å². The molecule has 3 aliphatic rings. The Labute approximate surface area is 130 Å². The molecule has 1 spiro atoms. The molecule has 0 unspecified atom stereocenters. The zero-order chi connectivity index (χ0) is 15.2. The molecule has 1 aromatic carbocycles. The van der Waals surface area contributed by atoms with Crippen molar-refractivity contribution in [2.45, 2.75) is 37.6 Å². The predicted octanol–water partition coefficient (Wildman–Crippen LogP) is 2.50. The standard InChI is InChI=1S/C18H21NO3/c1-13-15-11-18(21-9-10-22-18)8-7-16(15)19(17(13)20)12-14-5-3-2-4-6-14/h2-6,15-16H,1,7-12H2/t15-,16-/m1/s1. The Morgan fingerprint density at radius 3 is 2.68 bits per heavy atom. The Balaban J connectivity index is 1.55. The first kappa shape index (κ1) is 14.0. The lowest BCUT2D eigenvalue weighted by Gasteiger charge is -2.40. The van der Waals surface area contributed by atoms with Crippen LogP contribution in [0.15, 0.2) is 42.5 Å². The van der Waals surface area contributed by atoms with E-state index < -0.39 is 5.79 Å². The van der Waals surface area contributed by atoms with Crippen molar-refractivity contribution in [1.29, 1.82) is 0 Å². The maximum atomic E-state index is 12.6. The average molecular weight is 299 g/mol. The highest BCUT2D eigenvalue weighted by atomic mass is 16.7. The molecule has 1 amide bonds. The Morgan fingerprint density at radius 2 is 1.95 bits per heavy atom. The molecule has 116 valence electrons. The molecular formula is C18H21NO3. The van der Waals surface area contributed by atoms with E-state index in [2.05, 4.69) is 18.7 Å². The molecular weight excluding hydrogens is 278 g/mol. The lowest BCUT2D eigenvalue weighted by atomic mass is 9.79. The zero-order valence-electron chi connectivity index (χ0n) is 12.7. The number of carbonyl (C=O) groups excluding carboxylic acids is 1. The molecule has 0 bridgehead atoms. The molecule has 2 aliphatic heterocycles. The van der Waals surface area contributed by atoms with E-state index in [1.54, 1.807) is 0 Å². The van der Waals surface area contributed by atoms with E-state index in [9.17, 15) is 4.79 Å². The summed E-state index contributed by atoms with van der Waals surface area (Å²) in [5, 5.41) is 0. The van der Waals surface area contributed by atoms with Crippen LogP contribution in [-0.4, -0.2) is 35.8 Å². The van der Waals surface area contributed by atoms with Crippen molar-refractivity contribution in [1.82, 2.24) is 4.90 Å². The van der Waals surface area contributed by atoms with Gasteiger partial charge < -0.3 is 14.4 Å². The quantitative estimate of drug-likeness (QED) is 0.788. The lowest BCUT2D eigenvalue weighted by molar-refractivity contribution is -0.189. The normalized spacial score (nSPS) is 30.1. The first-order valence-electron chi connectivity index (χ1n) is 8.00. The Kier molecular flexibility index (Phi) is 3.31. The number of benzene rings is 1. The Morgan fingerprint density at radius 1 is 1.23 bits per heavy atom. The second kappa shape index (κ2) is 5.21. The van der Waals surface area contributed by atoms with E-state index in [0.717, 1.165) is 30.4 Å². The highest BCUT2D eigenvalue weighted by Gasteiger charge is 2.52. The van der Waals surface area contributed by atoms with Gasteiger partial charge in [0.05, 0.1) is 13.2 Å². The number of amides is 1. The van der Waals surface area contributed by atoms with Gasteiger partial charge in [0.1, 0.15) is 0 Å². The number of rotatable bonds is 2. The Bertz CT molecular complexity index is 592. The molecule has 3 fully saturated rings. The van der Waals surface area contributed by atoms with Crippen LogP contribution in [0.25, 0.3) is 0 Å². The van der Waals surface area contributed by atoms with Crippen LogP contribution < -0.4 is 0 Å². The third-order valence-corrected chi connectivity index (χ3v) is 5.21. The van der Waals surface area contributed by atoms with Crippen LogP contribution in [0.3, 0.4) is 0 Å². The average Bonchev–Trinajstić information content (AvgIpc) is 3.08. The Hall–Kier alpha value is -1.65. The summed E-state index contributed by atoms with van der Waals surface area (Å²) in [6.07, 6.45) is 2.54. The number of hydrogen-bond acceptors (Lipinski definition) is 3. The predicted molar refractivity (Wildman–Crippen MR) is 81.9 cm³/mol. The van der Waals surface area contributed by atoms with Crippen molar-refractivity contribution < 1.29 is 14.3 Å². The summed E-state index contributed by atoms with van der Waals surface area (Å²) in [4.78, 5) is 14.6. The second-order valence-corrected chi connectivity index (χ2v) is 6.47. The van der Waals surface area contributed by atoms with Gasteiger partial charge in [0.2, 0.25) is 5.91 Å². The third-order valence-electron chi connectivity index (χ3n) is 5.21. The molecule has 2 atom stereocenters. The van der Waals surface area contributed by atoms with Gasteiger partial charge in [-0.2, -0.15) is 0 Å². The van der Waals surface area contributed by atoms with E-state index in [4.69, 9.17) is 9.47 Å². The molecule has 4 heteroatoms. The molecule has 22 heavy (non-hydrogen) atoms. The van der Waals surface area contributed by atoms with Crippen LogP contribution in [-0.2, 0) is 20.8 Å². The van der Waals surface area contributed by atoms with Crippen LogP contribution in [0, 0.1) is 5.92 Å². The first-order valence-corrected chi connectivity index (χ1v) is 8.00. The van der Waals surface area contributed by atoms with Gasteiger partial charge in [0, 0.05) is 36.9 Å². The fourth-order valence-corrected chi connectivity index (χ4v) is 4.09. The number of carbonyl (C=O) groups is 1. The fourth-order valence-electron chi connectivity index (χ4n) is 4.09. The molecule has 4 rings (SSSR count). The summed E-state index contributed by atoms with van der Waals surface area (Å²) < 4.78 is 11.7. The number of likely N-dealkylation sites (tertiary alicyclic amines) is 1. The minimum atomic E-state index is -0.465. The number of fused-ring (bicyclic) bond motifs is 1. The first-order chi connectivity index (χ1) is 10.7. The number of nitrogens with zero attached hydrogens (tertiary/aromatic N) is 1. The van der Waals surface area contributed by atoms with Crippen molar-refractivity contribution in [3.8, 4) is 0 Å². The van der Waals surface area contributed by atoms with Crippen molar-refractivity contribution in [2.24, 2.45) is 5.92 Å². The van der Waals surface area contributed by atoms with Crippen molar-refractivity contribution in [3.63, 3.8) is 0 Å². The fraction of sp³-hybridized carbons (Fsp3) is 0.500. The molecule has 2 heterocycles. The summed E-state index contributed by atoms with van der Waals surface area (Å²) >= 11 is 0. The summed E-state index contributed by atoms with van der Waals surface area (Å²) in [6, 6.07) is 10.4. The molecule has 4 nitrogen and oxygen atoms in total. The van der Waals surface area contributed by atoms with Crippen LogP contribution in [0.4, 0.5) is 0 Å². The van der Waals surface area contributed by atoms with Crippen LogP contribution in [0.2, 0.25) is 0 Å². The van der Waals surface area contributed by atoms with Gasteiger partial charge in [-0.1, -0.05) is 36.9 Å². The summed E-state index contributed by atoms with van der Waals surface area (Å²) in [5.74, 6) is -0.218. The van der Waals surface area contributed by atoms with Crippen molar-refractivity contribution >= 4 is 5.91 Å². The maximum Gasteiger partial charge on any atom is 0.250 e. The smallest absolute Gasteiger partial charge is 0.250 e. The number of hydrogen-bond donors (Lipinski definition) is 0. The topological polar surface area (TPSA) is 38.8 Å².